The van der Waals surface area contributed by atoms with Crippen molar-refractivity contribution in [2.45, 2.75) is 0 Å². The first-order valence-electron chi connectivity index (χ1n) is 8.56. The fraction of sp³-hybridized carbons (Fsp3) is 0.0455. The SMILES string of the molecule is O=C(COC(=O)c1ccccc1C(=O)c1ccccc1)Nc1ccc(Cl)c(Cl)c1. The van der Waals surface area contributed by atoms with Crippen LogP contribution in [0.5, 0.6) is 0 Å². The molecule has 0 heterocycles. The second kappa shape index (κ2) is 9.37. The van der Waals surface area contributed by atoms with Crippen LogP contribution in [0.4, 0.5) is 5.69 Å². The van der Waals surface area contributed by atoms with Crippen LogP contribution >= 0.6 is 23.2 Å². The van der Waals surface area contributed by atoms with Crippen LogP contribution in [0.3, 0.4) is 0 Å². The third kappa shape index (κ3) is 5.22. The number of hydrogen-bond donors (Lipinski definition) is 1. The van der Waals surface area contributed by atoms with E-state index in [1.54, 1.807) is 54.6 Å². The molecule has 7 heteroatoms. The normalized spacial score (nSPS) is 10.3. The largest absolute Gasteiger partial charge is 0.452 e. The summed E-state index contributed by atoms with van der Waals surface area (Å²) in [5.41, 5.74) is 1.16. The number of ether oxygens (including phenoxy) is 1. The highest BCUT2D eigenvalue weighted by atomic mass is 35.5. The number of esters is 1. The number of carbonyl (C=O) groups excluding carboxylic acids is 3. The molecule has 1 N–H and O–H groups in total. The average Bonchev–Trinajstić information content (AvgIpc) is 2.74. The minimum Gasteiger partial charge on any atom is -0.452 e. The van der Waals surface area contributed by atoms with Crippen LogP contribution in [0.25, 0.3) is 0 Å². The molecule has 3 aromatic carbocycles. The number of ketones is 1. The lowest BCUT2D eigenvalue weighted by molar-refractivity contribution is -0.119. The van der Waals surface area contributed by atoms with E-state index in [0.29, 0.717) is 16.3 Å². The van der Waals surface area contributed by atoms with Gasteiger partial charge in [0, 0.05) is 16.8 Å². The molecule has 29 heavy (non-hydrogen) atoms. The summed E-state index contributed by atoms with van der Waals surface area (Å²) in [6, 6.07) is 19.5. The molecule has 146 valence electrons. The van der Waals surface area contributed by atoms with E-state index in [0.717, 1.165) is 0 Å². The molecule has 0 unspecified atom stereocenters. The van der Waals surface area contributed by atoms with Crippen molar-refractivity contribution in [2.24, 2.45) is 0 Å². The van der Waals surface area contributed by atoms with E-state index in [2.05, 4.69) is 5.32 Å². The number of anilines is 1. The van der Waals surface area contributed by atoms with Gasteiger partial charge in [-0.2, -0.15) is 0 Å². The van der Waals surface area contributed by atoms with Gasteiger partial charge in [0.1, 0.15) is 0 Å². The van der Waals surface area contributed by atoms with Gasteiger partial charge in [-0.25, -0.2) is 4.79 Å². The third-order valence-electron chi connectivity index (χ3n) is 3.97. The molecule has 0 spiro atoms. The summed E-state index contributed by atoms with van der Waals surface area (Å²) in [5, 5.41) is 3.20. The summed E-state index contributed by atoms with van der Waals surface area (Å²) in [6.07, 6.45) is 0. The lowest BCUT2D eigenvalue weighted by Crippen LogP contribution is -2.22. The highest BCUT2D eigenvalue weighted by molar-refractivity contribution is 6.42. The molecular weight excluding hydrogens is 413 g/mol. The molecule has 0 saturated carbocycles. The Labute approximate surface area is 177 Å². The van der Waals surface area contributed by atoms with Gasteiger partial charge in [-0.05, 0) is 24.3 Å². The molecule has 0 aromatic heterocycles. The van der Waals surface area contributed by atoms with Crippen LogP contribution in [0.15, 0.2) is 72.8 Å². The lowest BCUT2D eigenvalue weighted by Gasteiger charge is -2.10. The number of rotatable bonds is 6. The molecule has 0 radical (unpaired) electrons. The van der Waals surface area contributed by atoms with E-state index in [9.17, 15) is 14.4 Å². The summed E-state index contributed by atoms with van der Waals surface area (Å²) < 4.78 is 5.08. The lowest BCUT2D eigenvalue weighted by atomic mass is 9.98. The van der Waals surface area contributed by atoms with Crippen LogP contribution in [0, 0.1) is 0 Å². The standard InChI is InChI=1S/C22H15Cl2NO4/c23-18-11-10-15(12-19(18)24)25-20(26)13-29-22(28)17-9-5-4-8-16(17)21(27)14-6-2-1-3-7-14/h1-12H,13H2,(H,25,26). The van der Waals surface area contributed by atoms with Gasteiger partial charge in [0.2, 0.25) is 0 Å². The van der Waals surface area contributed by atoms with Gasteiger partial charge < -0.3 is 10.1 Å². The number of halogens is 2. The highest BCUT2D eigenvalue weighted by Crippen LogP contribution is 2.25. The molecule has 0 bridgehead atoms. The Morgan fingerprint density at radius 3 is 2.14 bits per heavy atom. The molecule has 0 aliphatic heterocycles. The zero-order valence-corrected chi connectivity index (χ0v) is 16.5. The van der Waals surface area contributed by atoms with Gasteiger partial charge in [-0.3, -0.25) is 9.59 Å². The predicted molar refractivity (Wildman–Crippen MR) is 112 cm³/mol. The van der Waals surface area contributed by atoms with Gasteiger partial charge in [0.05, 0.1) is 15.6 Å². The van der Waals surface area contributed by atoms with Crippen LogP contribution in [-0.2, 0) is 9.53 Å². The number of benzene rings is 3. The smallest absolute Gasteiger partial charge is 0.339 e. The topological polar surface area (TPSA) is 72.5 Å². The summed E-state index contributed by atoms with van der Waals surface area (Å²) in [5.74, 6) is -1.63. The minimum atomic E-state index is -0.769. The van der Waals surface area contributed by atoms with Crippen molar-refractivity contribution >= 4 is 46.5 Å². The second-order valence-corrected chi connectivity index (χ2v) is 6.81. The monoisotopic (exact) mass is 427 g/mol. The van der Waals surface area contributed by atoms with E-state index in [-0.39, 0.29) is 21.9 Å². The van der Waals surface area contributed by atoms with E-state index >= 15 is 0 Å². The average molecular weight is 428 g/mol. The Hall–Kier alpha value is -3.15. The van der Waals surface area contributed by atoms with Crippen molar-refractivity contribution in [2.75, 3.05) is 11.9 Å². The number of hydrogen-bond acceptors (Lipinski definition) is 4. The zero-order valence-electron chi connectivity index (χ0n) is 15.0. The molecule has 1 amide bonds. The number of nitrogens with one attached hydrogen (secondary N) is 1. The predicted octanol–water partition coefficient (Wildman–Crippen LogP) is 5.02. The van der Waals surface area contributed by atoms with E-state index in [1.165, 1.54) is 18.2 Å². The fourth-order valence-corrected chi connectivity index (χ4v) is 2.88. The first kappa shape index (κ1) is 20.6. The molecule has 0 fully saturated rings. The molecule has 0 saturated heterocycles. The zero-order chi connectivity index (χ0) is 20.8. The Morgan fingerprint density at radius 1 is 0.793 bits per heavy atom. The molecule has 0 aliphatic rings. The Bertz CT molecular complexity index is 1070. The first-order valence-corrected chi connectivity index (χ1v) is 9.32. The summed E-state index contributed by atoms with van der Waals surface area (Å²) in [6.45, 7) is -0.521. The molecule has 0 atom stereocenters. The molecule has 5 nitrogen and oxygen atoms in total. The van der Waals surface area contributed by atoms with E-state index < -0.39 is 18.5 Å². The Balaban J connectivity index is 1.67. The molecular formula is C22H15Cl2NO4. The maximum atomic E-state index is 12.7. The van der Waals surface area contributed by atoms with Gasteiger partial charge >= 0.3 is 5.97 Å². The number of amides is 1. The summed E-state index contributed by atoms with van der Waals surface area (Å²) in [7, 11) is 0. The quantitative estimate of drug-likeness (QED) is 0.442. The van der Waals surface area contributed by atoms with Crippen molar-refractivity contribution < 1.29 is 19.1 Å². The van der Waals surface area contributed by atoms with Crippen LogP contribution in [-0.4, -0.2) is 24.3 Å². The van der Waals surface area contributed by atoms with Crippen molar-refractivity contribution in [3.63, 3.8) is 0 Å². The van der Waals surface area contributed by atoms with Crippen molar-refractivity contribution in [1.29, 1.82) is 0 Å². The maximum absolute atomic E-state index is 12.7. The van der Waals surface area contributed by atoms with Crippen LogP contribution in [0.2, 0.25) is 10.0 Å². The van der Waals surface area contributed by atoms with Crippen LogP contribution in [0.1, 0.15) is 26.3 Å². The van der Waals surface area contributed by atoms with Crippen molar-refractivity contribution in [3.8, 4) is 0 Å². The highest BCUT2D eigenvalue weighted by Gasteiger charge is 2.19. The fourth-order valence-electron chi connectivity index (χ4n) is 2.58. The molecule has 0 aliphatic carbocycles. The molecule has 3 aromatic rings. The third-order valence-corrected chi connectivity index (χ3v) is 4.70. The van der Waals surface area contributed by atoms with Gasteiger partial charge in [-0.15, -0.1) is 0 Å². The van der Waals surface area contributed by atoms with E-state index in [4.69, 9.17) is 27.9 Å². The Kier molecular flexibility index (Phi) is 6.65. The summed E-state index contributed by atoms with van der Waals surface area (Å²) in [4.78, 5) is 37.2. The Morgan fingerprint density at radius 2 is 1.45 bits per heavy atom. The van der Waals surface area contributed by atoms with Crippen molar-refractivity contribution in [1.82, 2.24) is 0 Å². The van der Waals surface area contributed by atoms with Gasteiger partial charge in [0.25, 0.3) is 5.91 Å². The summed E-state index contributed by atoms with van der Waals surface area (Å²) >= 11 is 11.7. The maximum Gasteiger partial charge on any atom is 0.339 e. The van der Waals surface area contributed by atoms with Crippen LogP contribution < -0.4 is 5.32 Å². The minimum absolute atomic E-state index is 0.0868. The second-order valence-electron chi connectivity index (χ2n) is 5.99. The van der Waals surface area contributed by atoms with Gasteiger partial charge in [0.15, 0.2) is 12.4 Å². The molecule has 3 rings (SSSR count). The van der Waals surface area contributed by atoms with Gasteiger partial charge in [-0.1, -0.05) is 71.7 Å². The first-order chi connectivity index (χ1) is 14.0. The number of carbonyl (C=O) groups is 3. The van der Waals surface area contributed by atoms with Crippen molar-refractivity contribution in [3.05, 3.63) is 99.5 Å². The van der Waals surface area contributed by atoms with E-state index in [1.807, 2.05) is 0 Å².